The summed E-state index contributed by atoms with van der Waals surface area (Å²) in [5.41, 5.74) is 0.765. The van der Waals surface area contributed by atoms with Gasteiger partial charge in [0.1, 0.15) is 5.75 Å². The van der Waals surface area contributed by atoms with Gasteiger partial charge in [0.2, 0.25) is 10.0 Å². The number of fused-ring (bicyclic) bond motifs is 1. The quantitative estimate of drug-likeness (QED) is 0.652. The molecule has 0 bridgehead atoms. The van der Waals surface area contributed by atoms with E-state index in [-0.39, 0.29) is 0 Å². The highest BCUT2D eigenvalue weighted by molar-refractivity contribution is 7.89. The number of carbonyl (C=O) groups is 1. The third-order valence-electron chi connectivity index (χ3n) is 5.15. The number of aliphatic carboxylic acids is 1. The van der Waals surface area contributed by atoms with Crippen LogP contribution >= 0.6 is 0 Å². The van der Waals surface area contributed by atoms with E-state index < -0.39 is 22.6 Å². The summed E-state index contributed by atoms with van der Waals surface area (Å²) in [6, 6.07) is 20.1. The van der Waals surface area contributed by atoms with Crippen molar-refractivity contribution in [3.8, 4) is 5.75 Å². The van der Waals surface area contributed by atoms with Crippen molar-refractivity contribution in [3.63, 3.8) is 0 Å². The molecule has 8 heteroatoms. The van der Waals surface area contributed by atoms with E-state index >= 15 is 0 Å². The Kier molecular flexibility index (Phi) is 5.61. The van der Waals surface area contributed by atoms with Crippen LogP contribution in [-0.4, -0.2) is 56.6 Å². The van der Waals surface area contributed by atoms with Crippen molar-refractivity contribution in [1.29, 1.82) is 0 Å². The molecule has 3 aromatic carbocycles. The second-order valence-electron chi connectivity index (χ2n) is 7.05. The van der Waals surface area contributed by atoms with Gasteiger partial charge in [-0.15, -0.1) is 0 Å². The molecule has 30 heavy (non-hydrogen) atoms. The molecule has 0 atom stereocenters. The van der Waals surface area contributed by atoms with Gasteiger partial charge in [-0.25, -0.2) is 13.2 Å². The molecule has 0 saturated carbocycles. The first-order valence-electron chi connectivity index (χ1n) is 9.63. The van der Waals surface area contributed by atoms with Gasteiger partial charge in [-0.2, -0.15) is 4.31 Å². The molecule has 1 N–H and O–H groups in total. The number of nitrogens with zero attached hydrogens (tertiary/aromatic N) is 2. The minimum Gasteiger partial charge on any atom is -0.480 e. The normalized spacial score (nSPS) is 15.3. The SMILES string of the molecule is O=C(O)COc1ccccc1N1CCN(S(=O)(=O)c2ccc3ccccc3c2)CC1. The molecule has 0 spiro atoms. The predicted molar refractivity (Wildman–Crippen MR) is 114 cm³/mol. The van der Waals surface area contributed by atoms with E-state index in [2.05, 4.69) is 0 Å². The number of hydrogen-bond acceptors (Lipinski definition) is 5. The van der Waals surface area contributed by atoms with Crippen LogP contribution in [0, 0.1) is 0 Å². The number of para-hydroxylation sites is 2. The zero-order chi connectivity index (χ0) is 21.1. The van der Waals surface area contributed by atoms with Crippen molar-refractivity contribution >= 4 is 32.5 Å². The molecule has 3 aromatic rings. The van der Waals surface area contributed by atoms with E-state index in [1.54, 1.807) is 24.3 Å². The monoisotopic (exact) mass is 426 g/mol. The van der Waals surface area contributed by atoms with Crippen LogP contribution in [0.3, 0.4) is 0 Å². The largest absolute Gasteiger partial charge is 0.480 e. The summed E-state index contributed by atoms with van der Waals surface area (Å²) in [6.45, 7) is 1.22. The molecule has 0 aliphatic carbocycles. The molecule has 0 radical (unpaired) electrons. The van der Waals surface area contributed by atoms with E-state index in [9.17, 15) is 13.2 Å². The highest BCUT2D eigenvalue weighted by Crippen LogP contribution is 2.30. The van der Waals surface area contributed by atoms with Gasteiger partial charge < -0.3 is 14.7 Å². The van der Waals surface area contributed by atoms with E-state index in [0.717, 1.165) is 16.5 Å². The molecule has 0 aromatic heterocycles. The molecule has 1 heterocycles. The average Bonchev–Trinajstić information content (AvgIpc) is 2.77. The molecule has 1 fully saturated rings. The zero-order valence-corrected chi connectivity index (χ0v) is 17.1. The van der Waals surface area contributed by atoms with Gasteiger partial charge in [0.25, 0.3) is 0 Å². The van der Waals surface area contributed by atoms with Crippen LogP contribution in [0.1, 0.15) is 0 Å². The summed E-state index contributed by atoms with van der Waals surface area (Å²) in [6.07, 6.45) is 0. The minimum absolute atomic E-state index is 0.292. The Hall–Kier alpha value is -3.10. The topological polar surface area (TPSA) is 87.2 Å². The fraction of sp³-hybridized carbons (Fsp3) is 0.227. The Labute approximate surface area is 175 Å². The Morgan fingerprint density at radius 2 is 1.57 bits per heavy atom. The van der Waals surface area contributed by atoms with Gasteiger partial charge in [0.05, 0.1) is 10.6 Å². The number of rotatable bonds is 6. The molecule has 0 amide bonds. The summed E-state index contributed by atoms with van der Waals surface area (Å²) < 4.78 is 33.1. The Bertz CT molecular complexity index is 1170. The smallest absolute Gasteiger partial charge is 0.341 e. The average molecular weight is 426 g/mol. The number of sulfonamides is 1. The first-order valence-corrected chi connectivity index (χ1v) is 11.1. The second kappa shape index (κ2) is 8.33. The van der Waals surface area contributed by atoms with E-state index in [4.69, 9.17) is 9.84 Å². The molecule has 1 saturated heterocycles. The number of anilines is 1. The van der Waals surface area contributed by atoms with Gasteiger partial charge in [0, 0.05) is 26.2 Å². The van der Waals surface area contributed by atoms with Crippen LogP contribution in [-0.2, 0) is 14.8 Å². The molecule has 0 unspecified atom stereocenters. The van der Waals surface area contributed by atoms with Crippen molar-refractivity contribution in [2.45, 2.75) is 4.90 Å². The number of ether oxygens (including phenoxy) is 1. The molecule has 1 aliphatic rings. The first kappa shape index (κ1) is 20.2. The lowest BCUT2D eigenvalue weighted by Gasteiger charge is -2.36. The fourth-order valence-electron chi connectivity index (χ4n) is 3.63. The third kappa shape index (κ3) is 4.10. The molecule has 7 nitrogen and oxygen atoms in total. The van der Waals surface area contributed by atoms with Crippen LogP contribution in [0.2, 0.25) is 0 Å². The number of benzene rings is 3. The van der Waals surface area contributed by atoms with Crippen molar-refractivity contribution in [2.24, 2.45) is 0 Å². The molecular weight excluding hydrogens is 404 g/mol. The van der Waals surface area contributed by atoms with Crippen LogP contribution in [0.5, 0.6) is 5.75 Å². The Morgan fingerprint density at radius 3 is 2.30 bits per heavy atom. The maximum atomic E-state index is 13.1. The van der Waals surface area contributed by atoms with Gasteiger partial charge in [-0.3, -0.25) is 0 Å². The van der Waals surface area contributed by atoms with Crippen LogP contribution in [0.25, 0.3) is 10.8 Å². The summed E-state index contributed by atoms with van der Waals surface area (Å²) in [5, 5.41) is 10.8. The maximum absolute atomic E-state index is 13.1. The van der Waals surface area contributed by atoms with Crippen molar-refractivity contribution in [3.05, 3.63) is 66.7 Å². The lowest BCUT2D eigenvalue weighted by molar-refractivity contribution is -0.139. The van der Waals surface area contributed by atoms with Gasteiger partial charge in [-0.1, -0.05) is 42.5 Å². The number of carboxylic acid groups (broad SMARTS) is 1. The predicted octanol–water partition coefficient (Wildman–Crippen LogP) is 2.81. The highest BCUT2D eigenvalue weighted by Gasteiger charge is 2.29. The van der Waals surface area contributed by atoms with Crippen molar-refractivity contribution in [1.82, 2.24) is 4.31 Å². The number of piperazine rings is 1. The standard InChI is InChI=1S/C22H22N2O5S/c25-22(26)16-29-21-8-4-3-7-20(21)23-11-13-24(14-12-23)30(27,28)19-10-9-17-5-1-2-6-18(17)15-19/h1-10,15H,11-14,16H2,(H,25,26). The summed E-state index contributed by atoms with van der Waals surface area (Å²) in [4.78, 5) is 13.1. The summed E-state index contributed by atoms with van der Waals surface area (Å²) >= 11 is 0. The van der Waals surface area contributed by atoms with Crippen LogP contribution < -0.4 is 9.64 Å². The van der Waals surface area contributed by atoms with Gasteiger partial charge in [0.15, 0.2) is 6.61 Å². The van der Waals surface area contributed by atoms with Crippen molar-refractivity contribution in [2.75, 3.05) is 37.7 Å². The molecule has 1 aliphatic heterocycles. The Morgan fingerprint density at radius 1 is 0.900 bits per heavy atom. The van der Waals surface area contributed by atoms with E-state index in [1.807, 2.05) is 47.4 Å². The van der Waals surface area contributed by atoms with Crippen LogP contribution in [0.4, 0.5) is 5.69 Å². The third-order valence-corrected chi connectivity index (χ3v) is 7.05. The van der Waals surface area contributed by atoms with Gasteiger partial charge >= 0.3 is 5.97 Å². The molecule has 4 rings (SSSR count). The molecule has 156 valence electrons. The summed E-state index contributed by atoms with van der Waals surface area (Å²) in [7, 11) is -3.59. The lowest BCUT2D eigenvalue weighted by atomic mass is 10.1. The maximum Gasteiger partial charge on any atom is 0.341 e. The minimum atomic E-state index is -3.59. The fourth-order valence-corrected chi connectivity index (χ4v) is 5.08. The van der Waals surface area contributed by atoms with E-state index in [1.165, 1.54) is 4.31 Å². The van der Waals surface area contributed by atoms with Crippen molar-refractivity contribution < 1.29 is 23.1 Å². The van der Waals surface area contributed by atoms with Crippen LogP contribution in [0.15, 0.2) is 71.6 Å². The van der Waals surface area contributed by atoms with Gasteiger partial charge in [-0.05, 0) is 35.0 Å². The Balaban J connectivity index is 1.49. The first-order chi connectivity index (χ1) is 14.4. The molecular formula is C22H22N2O5S. The second-order valence-corrected chi connectivity index (χ2v) is 8.99. The number of hydrogen-bond donors (Lipinski definition) is 1. The zero-order valence-electron chi connectivity index (χ0n) is 16.3. The van der Waals surface area contributed by atoms with E-state index in [0.29, 0.717) is 36.8 Å². The summed E-state index contributed by atoms with van der Waals surface area (Å²) in [5.74, 6) is -0.568. The number of carboxylic acids is 1. The lowest BCUT2D eigenvalue weighted by Crippen LogP contribution is -2.48. The highest BCUT2D eigenvalue weighted by atomic mass is 32.2.